The van der Waals surface area contributed by atoms with Gasteiger partial charge in [-0.3, -0.25) is 4.79 Å². The lowest BCUT2D eigenvalue weighted by Crippen LogP contribution is -2.39. The highest BCUT2D eigenvalue weighted by Gasteiger charge is 2.23. The van der Waals surface area contributed by atoms with Crippen LogP contribution in [0.1, 0.15) is 74.7 Å². The summed E-state index contributed by atoms with van der Waals surface area (Å²) in [5.41, 5.74) is 2.49. The highest BCUT2D eigenvalue weighted by atomic mass is 16.5. The van der Waals surface area contributed by atoms with E-state index in [0.717, 1.165) is 12.8 Å². The van der Waals surface area contributed by atoms with E-state index in [2.05, 4.69) is 42.2 Å². The van der Waals surface area contributed by atoms with E-state index >= 15 is 0 Å². The maximum Gasteiger partial charge on any atom is 0.231 e. The van der Waals surface area contributed by atoms with Crippen LogP contribution >= 0.6 is 0 Å². The molecule has 1 fully saturated rings. The molecule has 2 aromatic rings. The number of benzene rings is 1. The number of aromatic nitrogens is 2. The van der Waals surface area contributed by atoms with Gasteiger partial charge in [-0.05, 0) is 29.9 Å². The van der Waals surface area contributed by atoms with Crippen molar-refractivity contribution >= 4 is 5.91 Å². The minimum Gasteiger partial charge on any atom is -0.342 e. The third kappa shape index (κ3) is 4.51. The molecule has 140 valence electrons. The summed E-state index contributed by atoms with van der Waals surface area (Å²) in [6.45, 7) is 4.36. The summed E-state index contributed by atoms with van der Waals surface area (Å²) >= 11 is 0. The maximum absolute atomic E-state index is 12.5. The topological polar surface area (TPSA) is 59.2 Å². The second kappa shape index (κ2) is 8.47. The van der Waals surface area contributed by atoms with Crippen LogP contribution in [0.3, 0.4) is 0 Å². The third-order valence-corrected chi connectivity index (χ3v) is 5.35. The van der Waals surface area contributed by atoms with Gasteiger partial charge in [-0.2, -0.15) is 4.98 Å². The quantitative estimate of drug-likeness (QED) is 0.782. The molecule has 1 amide bonds. The Bertz CT molecular complexity index is 732. The van der Waals surface area contributed by atoms with E-state index in [0.29, 0.717) is 30.1 Å². The van der Waals surface area contributed by atoms with Gasteiger partial charge in [0.15, 0.2) is 5.82 Å². The van der Waals surface area contributed by atoms with Crippen LogP contribution in [0.4, 0.5) is 0 Å². The summed E-state index contributed by atoms with van der Waals surface area (Å²) in [5.74, 6) is 1.57. The molecule has 0 radical (unpaired) electrons. The van der Waals surface area contributed by atoms with Gasteiger partial charge >= 0.3 is 0 Å². The second-order valence-corrected chi connectivity index (χ2v) is 7.61. The molecule has 5 heteroatoms. The molecule has 1 heterocycles. The lowest BCUT2D eigenvalue weighted by molar-refractivity contribution is -0.131. The first-order valence-electron chi connectivity index (χ1n) is 9.69. The van der Waals surface area contributed by atoms with Crippen LogP contribution in [-0.2, 0) is 17.6 Å². The molecular formula is C21H29N3O2. The van der Waals surface area contributed by atoms with E-state index in [1.54, 1.807) is 0 Å². The zero-order valence-electron chi connectivity index (χ0n) is 16.1. The Morgan fingerprint density at radius 2 is 1.96 bits per heavy atom. The first-order chi connectivity index (χ1) is 12.5. The lowest BCUT2D eigenvalue weighted by Gasteiger charge is -2.31. The highest BCUT2D eigenvalue weighted by molar-refractivity contribution is 5.78. The van der Waals surface area contributed by atoms with Crippen LogP contribution in [0.5, 0.6) is 0 Å². The average molecular weight is 355 g/mol. The fraction of sp³-hybridized carbons (Fsp3) is 0.571. The molecule has 0 unspecified atom stereocenters. The van der Waals surface area contributed by atoms with E-state index in [1.165, 1.54) is 30.4 Å². The fourth-order valence-electron chi connectivity index (χ4n) is 3.79. The van der Waals surface area contributed by atoms with Gasteiger partial charge in [0, 0.05) is 13.1 Å². The number of hydrogen-bond donors (Lipinski definition) is 0. The lowest BCUT2D eigenvalue weighted by atomic mass is 9.94. The summed E-state index contributed by atoms with van der Waals surface area (Å²) in [7, 11) is 1.90. The Kier molecular flexibility index (Phi) is 6.07. The van der Waals surface area contributed by atoms with E-state index in [1.807, 2.05) is 18.0 Å². The molecule has 0 aliphatic heterocycles. The van der Waals surface area contributed by atoms with Crippen molar-refractivity contribution in [1.82, 2.24) is 15.0 Å². The van der Waals surface area contributed by atoms with Crippen molar-refractivity contribution in [3.63, 3.8) is 0 Å². The standard InChI is InChI=1S/C21H29N3O2/c1-15(2)18-12-8-7-9-16(18)13-20-22-19(23-26-20)14-21(25)24(3)17-10-5-4-6-11-17/h7-9,12,15,17H,4-6,10-11,13-14H2,1-3H3. The summed E-state index contributed by atoms with van der Waals surface area (Å²) < 4.78 is 5.40. The van der Waals surface area contributed by atoms with Crippen molar-refractivity contribution in [2.24, 2.45) is 0 Å². The molecule has 1 saturated carbocycles. The molecule has 0 spiro atoms. The van der Waals surface area contributed by atoms with Crippen LogP contribution < -0.4 is 0 Å². The largest absolute Gasteiger partial charge is 0.342 e. The summed E-state index contributed by atoms with van der Waals surface area (Å²) in [6, 6.07) is 8.68. The molecule has 26 heavy (non-hydrogen) atoms. The molecule has 0 N–H and O–H groups in total. The zero-order chi connectivity index (χ0) is 18.5. The van der Waals surface area contributed by atoms with Crippen molar-refractivity contribution in [2.75, 3.05) is 7.05 Å². The number of rotatable bonds is 6. The van der Waals surface area contributed by atoms with Crippen LogP contribution in [0, 0.1) is 0 Å². The predicted octanol–water partition coefficient (Wildman–Crippen LogP) is 4.12. The molecule has 0 bridgehead atoms. The van der Waals surface area contributed by atoms with Gasteiger partial charge in [-0.25, -0.2) is 0 Å². The number of hydrogen-bond acceptors (Lipinski definition) is 4. The molecule has 1 aromatic carbocycles. The second-order valence-electron chi connectivity index (χ2n) is 7.61. The smallest absolute Gasteiger partial charge is 0.231 e. The van der Waals surface area contributed by atoms with Crippen LogP contribution in [-0.4, -0.2) is 34.0 Å². The molecule has 5 nitrogen and oxygen atoms in total. The maximum atomic E-state index is 12.5. The number of amides is 1. The third-order valence-electron chi connectivity index (χ3n) is 5.35. The zero-order valence-corrected chi connectivity index (χ0v) is 16.1. The Morgan fingerprint density at radius 1 is 1.23 bits per heavy atom. The molecule has 1 aliphatic carbocycles. The number of carbonyl (C=O) groups is 1. The molecule has 3 rings (SSSR count). The summed E-state index contributed by atoms with van der Waals surface area (Å²) in [5, 5.41) is 4.02. The number of carbonyl (C=O) groups excluding carboxylic acids is 1. The SMILES string of the molecule is CC(C)c1ccccc1Cc1nc(CC(=O)N(C)C2CCCCC2)no1. The number of nitrogens with zero attached hydrogens (tertiary/aromatic N) is 3. The van der Waals surface area contributed by atoms with Crippen molar-refractivity contribution in [3.8, 4) is 0 Å². The van der Waals surface area contributed by atoms with Gasteiger partial charge in [0.2, 0.25) is 11.8 Å². The number of likely N-dealkylation sites (N-methyl/N-ethyl adjacent to an activating group) is 1. The average Bonchev–Trinajstić information content (AvgIpc) is 3.09. The highest BCUT2D eigenvalue weighted by Crippen LogP contribution is 2.23. The van der Waals surface area contributed by atoms with Crippen LogP contribution in [0.25, 0.3) is 0 Å². The first kappa shape index (κ1) is 18.6. The van der Waals surface area contributed by atoms with E-state index < -0.39 is 0 Å². The van der Waals surface area contributed by atoms with Gasteiger partial charge in [-0.15, -0.1) is 0 Å². The van der Waals surface area contributed by atoms with Crippen molar-refractivity contribution in [1.29, 1.82) is 0 Å². The summed E-state index contributed by atoms with van der Waals surface area (Å²) in [4.78, 5) is 18.9. The van der Waals surface area contributed by atoms with Gasteiger partial charge in [0.25, 0.3) is 0 Å². The Balaban J connectivity index is 1.62. The minimum absolute atomic E-state index is 0.0758. The first-order valence-corrected chi connectivity index (χ1v) is 9.69. The van der Waals surface area contributed by atoms with E-state index in [-0.39, 0.29) is 12.3 Å². The van der Waals surface area contributed by atoms with Crippen LogP contribution in [0.15, 0.2) is 28.8 Å². The molecule has 0 saturated heterocycles. The molecule has 0 atom stereocenters. The van der Waals surface area contributed by atoms with Crippen molar-refractivity contribution < 1.29 is 9.32 Å². The van der Waals surface area contributed by atoms with E-state index in [4.69, 9.17) is 4.52 Å². The van der Waals surface area contributed by atoms with Crippen molar-refractivity contribution in [3.05, 3.63) is 47.1 Å². The summed E-state index contributed by atoms with van der Waals surface area (Å²) in [6.07, 6.45) is 6.73. The molecule has 1 aromatic heterocycles. The van der Waals surface area contributed by atoms with Gasteiger partial charge in [0.05, 0.1) is 12.8 Å². The fourth-order valence-corrected chi connectivity index (χ4v) is 3.79. The van der Waals surface area contributed by atoms with Crippen molar-refractivity contribution in [2.45, 2.75) is 70.8 Å². The van der Waals surface area contributed by atoms with Gasteiger partial charge in [-0.1, -0.05) is 62.5 Å². The predicted molar refractivity (Wildman–Crippen MR) is 101 cm³/mol. The Labute approximate surface area is 155 Å². The molecule has 1 aliphatic rings. The Morgan fingerprint density at radius 3 is 2.69 bits per heavy atom. The normalized spacial score (nSPS) is 15.4. The Hall–Kier alpha value is -2.17. The van der Waals surface area contributed by atoms with Gasteiger partial charge in [0.1, 0.15) is 0 Å². The monoisotopic (exact) mass is 355 g/mol. The van der Waals surface area contributed by atoms with E-state index in [9.17, 15) is 4.79 Å². The van der Waals surface area contributed by atoms with Gasteiger partial charge < -0.3 is 9.42 Å². The molecular weight excluding hydrogens is 326 g/mol. The minimum atomic E-state index is 0.0758. The van der Waals surface area contributed by atoms with Crippen LogP contribution in [0.2, 0.25) is 0 Å².